The van der Waals surface area contributed by atoms with E-state index in [2.05, 4.69) is 41.8 Å². The van der Waals surface area contributed by atoms with Crippen LogP contribution < -0.4 is 10.6 Å². The summed E-state index contributed by atoms with van der Waals surface area (Å²) in [7, 11) is 0. The number of nitriles is 1. The number of benzene rings is 3. The molecule has 0 radical (unpaired) electrons. The van der Waals surface area contributed by atoms with Gasteiger partial charge >= 0.3 is 0 Å². The van der Waals surface area contributed by atoms with Crippen molar-refractivity contribution in [3.63, 3.8) is 0 Å². The van der Waals surface area contributed by atoms with Crippen LogP contribution in [0.2, 0.25) is 0 Å². The molecule has 3 aromatic carbocycles. The van der Waals surface area contributed by atoms with Gasteiger partial charge in [0.05, 0.1) is 6.07 Å². The van der Waals surface area contributed by atoms with Gasteiger partial charge in [-0.3, -0.25) is 4.79 Å². The predicted molar refractivity (Wildman–Crippen MR) is 142 cm³/mol. The summed E-state index contributed by atoms with van der Waals surface area (Å²) in [5, 5.41) is 16.2. The molecule has 2 atom stereocenters. The Hall–Kier alpha value is -3.42. The number of carbonyl (C=O) groups excluding carboxylic acids is 1. The highest BCUT2D eigenvalue weighted by Gasteiger charge is 2.20. The molecule has 4 heteroatoms. The Balaban J connectivity index is 1.29. The maximum Gasteiger partial charge on any atom is 0.252 e. The number of rotatable bonds is 10. The molecule has 4 rings (SSSR count). The Kier molecular flexibility index (Phi) is 8.70. The van der Waals surface area contributed by atoms with E-state index in [1.54, 1.807) is 0 Å². The van der Waals surface area contributed by atoms with Crippen LogP contribution in [0.3, 0.4) is 0 Å². The van der Waals surface area contributed by atoms with Gasteiger partial charge in [-0.05, 0) is 91.4 Å². The minimum atomic E-state index is -0.488. The molecule has 0 aliphatic heterocycles. The number of fused-ring (bicyclic) bond motifs is 1. The number of hydrogen-bond acceptors (Lipinski definition) is 3. The second-order valence-corrected chi connectivity index (χ2v) is 9.44. The lowest BCUT2D eigenvalue weighted by molar-refractivity contribution is 0.0943. The van der Waals surface area contributed by atoms with Gasteiger partial charge in [0.25, 0.3) is 5.91 Å². The maximum absolute atomic E-state index is 12.7. The highest BCUT2D eigenvalue weighted by atomic mass is 16.1. The lowest BCUT2D eigenvalue weighted by Crippen LogP contribution is -2.35. The Morgan fingerprint density at radius 3 is 2.54 bits per heavy atom. The lowest BCUT2D eigenvalue weighted by atomic mass is 9.84. The van der Waals surface area contributed by atoms with E-state index in [-0.39, 0.29) is 5.91 Å². The summed E-state index contributed by atoms with van der Waals surface area (Å²) in [5.41, 5.74) is 7.12. The van der Waals surface area contributed by atoms with Crippen LogP contribution in [0.15, 0.2) is 72.8 Å². The number of nitrogens with zero attached hydrogens (tertiary/aromatic N) is 1. The highest BCUT2D eigenvalue weighted by Crippen LogP contribution is 2.26. The van der Waals surface area contributed by atoms with Gasteiger partial charge < -0.3 is 10.6 Å². The van der Waals surface area contributed by atoms with Gasteiger partial charge in [-0.2, -0.15) is 5.26 Å². The number of amides is 1. The molecule has 0 spiro atoms. The molecule has 0 aromatic heterocycles. The second kappa shape index (κ2) is 12.3. The van der Waals surface area contributed by atoms with Gasteiger partial charge in [-0.25, -0.2) is 0 Å². The molecular weight excluding hydrogens is 430 g/mol. The molecule has 0 saturated heterocycles. The van der Waals surface area contributed by atoms with Crippen molar-refractivity contribution in [3.8, 4) is 17.2 Å². The van der Waals surface area contributed by atoms with Crippen molar-refractivity contribution in [2.24, 2.45) is 0 Å². The smallest absolute Gasteiger partial charge is 0.252 e. The van der Waals surface area contributed by atoms with Crippen molar-refractivity contribution < 1.29 is 4.79 Å². The quantitative estimate of drug-likeness (QED) is 0.394. The van der Waals surface area contributed by atoms with Crippen molar-refractivity contribution >= 4 is 5.91 Å². The Bertz CT molecular complexity index is 1150. The first-order chi connectivity index (χ1) is 17.2. The van der Waals surface area contributed by atoms with E-state index in [1.165, 1.54) is 29.5 Å². The number of carbonyl (C=O) groups is 1. The molecule has 1 aliphatic rings. The molecule has 35 heavy (non-hydrogen) atoms. The molecule has 1 aliphatic carbocycles. The Morgan fingerprint density at radius 2 is 1.80 bits per heavy atom. The topological polar surface area (TPSA) is 64.9 Å². The van der Waals surface area contributed by atoms with E-state index in [0.717, 1.165) is 43.4 Å². The summed E-state index contributed by atoms with van der Waals surface area (Å²) >= 11 is 0. The van der Waals surface area contributed by atoms with Crippen LogP contribution in [0.4, 0.5) is 0 Å². The minimum Gasteiger partial charge on any atom is -0.336 e. The van der Waals surface area contributed by atoms with Crippen molar-refractivity contribution in [1.29, 1.82) is 5.26 Å². The first-order valence-corrected chi connectivity index (χ1v) is 12.9. The third kappa shape index (κ3) is 6.59. The highest BCUT2D eigenvalue weighted by molar-refractivity contribution is 5.95. The molecule has 3 aromatic rings. The van der Waals surface area contributed by atoms with Crippen LogP contribution in [0.1, 0.15) is 59.7 Å². The molecule has 180 valence electrons. The third-order valence-corrected chi connectivity index (χ3v) is 6.92. The summed E-state index contributed by atoms with van der Waals surface area (Å²) in [4.78, 5) is 12.7. The van der Waals surface area contributed by atoms with E-state index < -0.39 is 6.04 Å². The minimum absolute atomic E-state index is 0.195. The van der Waals surface area contributed by atoms with Crippen molar-refractivity contribution in [2.75, 3.05) is 6.54 Å². The van der Waals surface area contributed by atoms with E-state index >= 15 is 0 Å². The van der Waals surface area contributed by atoms with E-state index in [4.69, 9.17) is 0 Å². The molecule has 4 nitrogen and oxygen atoms in total. The first-order valence-electron chi connectivity index (χ1n) is 12.9. The molecule has 0 heterocycles. The van der Waals surface area contributed by atoms with Gasteiger partial charge in [0, 0.05) is 11.6 Å². The van der Waals surface area contributed by atoms with Crippen molar-refractivity contribution in [1.82, 2.24) is 10.6 Å². The average molecular weight is 466 g/mol. The molecule has 2 N–H and O–H groups in total. The van der Waals surface area contributed by atoms with Crippen LogP contribution >= 0.6 is 0 Å². The summed E-state index contributed by atoms with van der Waals surface area (Å²) in [5.74, 6) is -0.195. The fraction of sp³-hybridized carbons (Fsp3) is 0.355. The van der Waals surface area contributed by atoms with Crippen LogP contribution in [0.25, 0.3) is 11.1 Å². The van der Waals surface area contributed by atoms with Gasteiger partial charge in [0.1, 0.15) is 6.04 Å². The fourth-order valence-electron chi connectivity index (χ4n) is 5.00. The zero-order chi connectivity index (χ0) is 24.5. The van der Waals surface area contributed by atoms with Gasteiger partial charge in [-0.15, -0.1) is 0 Å². The standard InChI is InChI=1S/C31H35N3O/c1-2-20-33-28-18-19-30-25(10-6-12-27(30)21-28)11-7-13-29(22-32)34-31(35)26-16-14-24(15-17-26)23-8-4-3-5-9-23/h3-6,8-10,12,14-17,28-29,33H,2,7,11,13,18-21H2,1H3,(H,34,35)/t28-,29?/m0/s1. The van der Waals surface area contributed by atoms with E-state index in [9.17, 15) is 10.1 Å². The Labute approximate surface area is 209 Å². The molecule has 1 amide bonds. The van der Waals surface area contributed by atoms with E-state index in [0.29, 0.717) is 18.0 Å². The molecule has 1 unspecified atom stereocenters. The summed E-state index contributed by atoms with van der Waals surface area (Å²) in [6.45, 7) is 3.29. The van der Waals surface area contributed by atoms with Gasteiger partial charge in [-0.1, -0.05) is 67.6 Å². The van der Waals surface area contributed by atoms with Crippen LogP contribution in [0.5, 0.6) is 0 Å². The zero-order valence-corrected chi connectivity index (χ0v) is 20.6. The van der Waals surface area contributed by atoms with Gasteiger partial charge in [0.2, 0.25) is 0 Å². The molecule has 0 fully saturated rings. The molecular formula is C31H35N3O. The summed E-state index contributed by atoms with van der Waals surface area (Å²) < 4.78 is 0. The van der Waals surface area contributed by atoms with Crippen LogP contribution in [-0.2, 0) is 19.3 Å². The molecule has 0 saturated carbocycles. The zero-order valence-electron chi connectivity index (χ0n) is 20.6. The number of hydrogen-bond donors (Lipinski definition) is 2. The van der Waals surface area contributed by atoms with E-state index in [1.807, 2.05) is 54.6 Å². The van der Waals surface area contributed by atoms with Crippen LogP contribution in [0, 0.1) is 11.3 Å². The van der Waals surface area contributed by atoms with Crippen molar-refractivity contribution in [2.45, 2.75) is 64.0 Å². The monoisotopic (exact) mass is 465 g/mol. The molecule has 0 bridgehead atoms. The lowest BCUT2D eigenvalue weighted by Gasteiger charge is -2.27. The average Bonchev–Trinajstić information content (AvgIpc) is 2.91. The van der Waals surface area contributed by atoms with Gasteiger partial charge in [0.15, 0.2) is 0 Å². The number of aryl methyl sites for hydroxylation is 1. The maximum atomic E-state index is 12.7. The summed E-state index contributed by atoms with van der Waals surface area (Å²) in [6.07, 6.45) is 7.03. The summed E-state index contributed by atoms with van der Waals surface area (Å²) in [6, 6.07) is 26.7. The van der Waals surface area contributed by atoms with Crippen molar-refractivity contribution in [3.05, 3.63) is 95.1 Å². The predicted octanol–water partition coefficient (Wildman–Crippen LogP) is 5.86. The third-order valence-electron chi connectivity index (χ3n) is 6.92. The second-order valence-electron chi connectivity index (χ2n) is 9.44. The van der Waals surface area contributed by atoms with Crippen LogP contribution in [-0.4, -0.2) is 24.5 Å². The normalized spacial score (nSPS) is 15.6. The SMILES string of the molecule is CCCN[C@H]1CCc2c(CCCC(C#N)NC(=O)c3ccc(-c4ccccc4)cc3)cccc2C1. The fourth-order valence-corrected chi connectivity index (χ4v) is 5.00. The Morgan fingerprint density at radius 1 is 1.03 bits per heavy atom. The number of nitrogens with one attached hydrogen (secondary N) is 2. The first kappa shape index (κ1) is 24.7. The largest absolute Gasteiger partial charge is 0.336 e.